The van der Waals surface area contributed by atoms with Crippen LogP contribution in [0.2, 0.25) is 0 Å². The van der Waals surface area contributed by atoms with E-state index >= 15 is 0 Å². The Morgan fingerprint density at radius 3 is 1.97 bits per heavy atom. The molecular formula is C26H25NO4S. The van der Waals surface area contributed by atoms with E-state index in [1.54, 1.807) is 54.6 Å². The molecule has 0 unspecified atom stereocenters. The highest BCUT2D eigenvalue weighted by atomic mass is 32.2. The number of carbonyl (C=O) groups is 1. The van der Waals surface area contributed by atoms with E-state index in [2.05, 4.69) is 6.58 Å². The molecule has 164 valence electrons. The molecule has 3 aromatic rings. The van der Waals surface area contributed by atoms with E-state index in [1.165, 1.54) is 0 Å². The molecule has 5 nitrogen and oxygen atoms in total. The molecule has 0 heterocycles. The van der Waals surface area contributed by atoms with Crippen molar-refractivity contribution in [3.8, 4) is 0 Å². The summed E-state index contributed by atoms with van der Waals surface area (Å²) in [6.45, 7) is 4.24. The fraction of sp³-hybridized carbons (Fsp3) is 0.115. The van der Waals surface area contributed by atoms with Gasteiger partial charge in [0.25, 0.3) is 0 Å². The van der Waals surface area contributed by atoms with Crippen LogP contribution in [-0.4, -0.2) is 34.6 Å². The Hall–Kier alpha value is -3.64. The van der Waals surface area contributed by atoms with Gasteiger partial charge in [0.2, 0.25) is 9.84 Å². The van der Waals surface area contributed by atoms with Crippen LogP contribution >= 0.6 is 0 Å². The highest BCUT2D eigenvalue weighted by molar-refractivity contribution is 7.91. The molecule has 3 aromatic carbocycles. The van der Waals surface area contributed by atoms with Gasteiger partial charge in [0, 0.05) is 18.8 Å². The van der Waals surface area contributed by atoms with Gasteiger partial charge in [0.15, 0.2) is 0 Å². The average molecular weight is 448 g/mol. The van der Waals surface area contributed by atoms with Crippen LogP contribution in [-0.2, 0) is 19.4 Å². The Labute approximate surface area is 189 Å². The van der Waals surface area contributed by atoms with Crippen molar-refractivity contribution in [2.24, 2.45) is 0 Å². The molecule has 0 fully saturated rings. The van der Waals surface area contributed by atoms with E-state index in [9.17, 15) is 13.2 Å². The number of esters is 1. The van der Waals surface area contributed by atoms with Gasteiger partial charge < -0.3 is 9.64 Å². The zero-order valence-corrected chi connectivity index (χ0v) is 18.7. The molecule has 0 aliphatic heterocycles. The second kappa shape index (κ2) is 10.6. The lowest BCUT2D eigenvalue weighted by molar-refractivity contribution is -0.137. The van der Waals surface area contributed by atoms with Gasteiger partial charge in [-0.3, -0.25) is 0 Å². The Morgan fingerprint density at radius 1 is 0.875 bits per heavy atom. The number of ether oxygens (including phenoxy) is 1. The summed E-state index contributed by atoms with van der Waals surface area (Å²) in [5.74, 6) is -0.426. The Kier molecular flexibility index (Phi) is 7.63. The quantitative estimate of drug-likeness (QED) is 0.266. The second-order valence-electron chi connectivity index (χ2n) is 7.10. The second-order valence-corrected chi connectivity index (χ2v) is 9.05. The number of rotatable bonds is 9. The number of sulfone groups is 1. The fourth-order valence-electron chi connectivity index (χ4n) is 3.00. The molecule has 0 bridgehead atoms. The van der Waals surface area contributed by atoms with Crippen molar-refractivity contribution in [1.29, 1.82) is 0 Å². The first-order valence-electron chi connectivity index (χ1n) is 10.1. The maximum atomic E-state index is 12.7. The van der Waals surface area contributed by atoms with E-state index in [1.807, 2.05) is 48.4 Å². The van der Waals surface area contributed by atoms with E-state index in [-0.39, 0.29) is 9.79 Å². The van der Waals surface area contributed by atoms with Crippen molar-refractivity contribution >= 4 is 33.6 Å². The summed E-state index contributed by atoms with van der Waals surface area (Å²) in [7, 11) is -1.58. The Morgan fingerprint density at radius 2 is 1.41 bits per heavy atom. The number of carbonyl (C=O) groups excluding carboxylic acids is 1. The highest BCUT2D eigenvalue weighted by Crippen LogP contribution is 2.21. The van der Waals surface area contributed by atoms with E-state index in [0.717, 1.165) is 22.9 Å². The third-order valence-electron chi connectivity index (χ3n) is 4.88. The van der Waals surface area contributed by atoms with Crippen molar-refractivity contribution in [3.63, 3.8) is 0 Å². The van der Waals surface area contributed by atoms with Gasteiger partial charge in [0.1, 0.15) is 6.61 Å². The highest BCUT2D eigenvalue weighted by Gasteiger charge is 2.16. The predicted molar refractivity (Wildman–Crippen MR) is 128 cm³/mol. The van der Waals surface area contributed by atoms with Gasteiger partial charge >= 0.3 is 5.97 Å². The van der Waals surface area contributed by atoms with Gasteiger partial charge in [-0.25, -0.2) is 13.2 Å². The van der Waals surface area contributed by atoms with Crippen LogP contribution in [0.4, 0.5) is 5.69 Å². The fourth-order valence-corrected chi connectivity index (χ4v) is 4.28. The molecule has 0 N–H and O–H groups in total. The van der Waals surface area contributed by atoms with Crippen LogP contribution in [0.5, 0.6) is 0 Å². The first-order valence-corrected chi connectivity index (χ1v) is 11.6. The largest absolute Gasteiger partial charge is 0.461 e. The van der Waals surface area contributed by atoms with Crippen LogP contribution in [0.15, 0.2) is 101 Å². The molecule has 0 aliphatic carbocycles. The van der Waals surface area contributed by atoms with E-state index < -0.39 is 15.8 Å². The van der Waals surface area contributed by atoms with Gasteiger partial charge in [-0.2, -0.15) is 0 Å². The van der Waals surface area contributed by atoms with Crippen LogP contribution in [0.1, 0.15) is 11.1 Å². The SMILES string of the molecule is C=CC(=O)OCCN(C)c1ccc(C=Cc2ccc(S(=O)(=O)c3ccccc3)cc2)cc1. The summed E-state index contributed by atoms with van der Waals surface area (Å²) in [6, 6.07) is 23.2. The third kappa shape index (κ3) is 5.95. The molecular weight excluding hydrogens is 422 g/mol. The summed E-state index contributed by atoms with van der Waals surface area (Å²) < 4.78 is 30.4. The molecule has 0 aliphatic rings. The lowest BCUT2D eigenvalue weighted by Gasteiger charge is -2.19. The molecule has 0 radical (unpaired) electrons. The first-order chi connectivity index (χ1) is 15.4. The molecule has 3 rings (SSSR count). The summed E-state index contributed by atoms with van der Waals surface area (Å²) in [6.07, 6.45) is 5.06. The minimum atomic E-state index is -3.51. The smallest absolute Gasteiger partial charge is 0.330 e. The molecule has 0 amide bonds. The summed E-state index contributed by atoms with van der Waals surface area (Å²) >= 11 is 0. The number of anilines is 1. The van der Waals surface area contributed by atoms with Crippen molar-refractivity contribution in [3.05, 3.63) is 103 Å². The van der Waals surface area contributed by atoms with Crippen LogP contribution in [0, 0.1) is 0 Å². The average Bonchev–Trinajstić information content (AvgIpc) is 2.83. The molecule has 0 aromatic heterocycles. The van der Waals surface area contributed by atoms with Crippen LogP contribution < -0.4 is 4.90 Å². The van der Waals surface area contributed by atoms with E-state index in [0.29, 0.717) is 13.2 Å². The van der Waals surface area contributed by atoms with Gasteiger partial charge in [-0.1, -0.05) is 61.2 Å². The van der Waals surface area contributed by atoms with Gasteiger partial charge in [0.05, 0.1) is 16.3 Å². The standard InChI is InChI=1S/C26H25NO4S/c1-3-26(28)31-20-19-27(2)23-15-11-21(12-16-23)9-10-22-13-17-25(18-14-22)32(29,30)24-7-5-4-6-8-24/h3-18H,1,19-20H2,2H3. The molecule has 0 spiro atoms. The molecule has 0 saturated heterocycles. The summed E-state index contributed by atoms with van der Waals surface area (Å²) in [5, 5.41) is 0. The Bertz CT molecular complexity index is 1180. The van der Waals surface area contributed by atoms with Crippen molar-refractivity contribution < 1.29 is 17.9 Å². The van der Waals surface area contributed by atoms with Gasteiger partial charge in [-0.15, -0.1) is 0 Å². The normalized spacial score (nSPS) is 11.3. The maximum Gasteiger partial charge on any atom is 0.330 e. The van der Waals surface area contributed by atoms with E-state index in [4.69, 9.17) is 4.74 Å². The lowest BCUT2D eigenvalue weighted by Crippen LogP contribution is -2.23. The number of nitrogens with zero attached hydrogens (tertiary/aromatic N) is 1. The monoisotopic (exact) mass is 447 g/mol. The summed E-state index contributed by atoms with van der Waals surface area (Å²) in [5.41, 5.74) is 2.93. The van der Waals surface area contributed by atoms with Crippen molar-refractivity contribution in [2.45, 2.75) is 9.79 Å². The molecule has 32 heavy (non-hydrogen) atoms. The zero-order chi connectivity index (χ0) is 23.0. The number of likely N-dealkylation sites (N-methyl/N-ethyl adjacent to an activating group) is 1. The molecule has 6 heteroatoms. The number of hydrogen-bond acceptors (Lipinski definition) is 5. The van der Waals surface area contributed by atoms with Crippen LogP contribution in [0.3, 0.4) is 0 Å². The van der Waals surface area contributed by atoms with Crippen molar-refractivity contribution in [2.75, 3.05) is 25.1 Å². The molecule has 0 atom stereocenters. The van der Waals surface area contributed by atoms with Crippen LogP contribution in [0.25, 0.3) is 12.2 Å². The van der Waals surface area contributed by atoms with Crippen molar-refractivity contribution in [1.82, 2.24) is 0 Å². The Balaban J connectivity index is 1.61. The topological polar surface area (TPSA) is 63.7 Å². The predicted octanol–water partition coefficient (Wildman–Crippen LogP) is 4.86. The zero-order valence-electron chi connectivity index (χ0n) is 17.8. The summed E-state index contributed by atoms with van der Waals surface area (Å²) in [4.78, 5) is 13.7. The molecule has 0 saturated carbocycles. The number of hydrogen-bond donors (Lipinski definition) is 0. The minimum absolute atomic E-state index is 0.270. The first kappa shape index (κ1) is 23.0. The third-order valence-corrected chi connectivity index (χ3v) is 6.67. The maximum absolute atomic E-state index is 12.7. The van der Waals surface area contributed by atoms with Gasteiger partial charge in [-0.05, 0) is 47.5 Å². The number of benzene rings is 3. The lowest BCUT2D eigenvalue weighted by atomic mass is 10.1. The minimum Gasteiger partial charge on any atom is -0.461 e.